The number of hydrogen-bond acceptors (Lipinski definition) is 5. The topological polar surface area (TPSA) is 59.7 Å². The Balaban J connectivity index is 1.53. The van der Waals surface area contributed by atoms with Gasteiger partial charge in [-0.05, 0) is 36.2 Å². The quantitative estimate of drug-likeness (QED) is 0.286. The first-order valence-electron chi connectivity index (χ1n) is 11.8. The van der Waals surface area contributed by atoms with E-state index in [0.717, 1.165) is 46.0 Å². The lowest BCUT2D eigenvalue weighted by Gasteiger charge is -2.23. The van der Waals surface area contributed by atoms with Gasteiger partial charge in [-0.1, -0.05) is 62.0 Å². The van der Waals surface area contributed by atoms with Gasteiger partial charge in [-0.25, -0.2) is 14.4 Å². The van der Waals surface area contributed by atoms with E-state index in [1.807, 2.05) is 36.4 Å². The molecule has 8 heteroatoms. The van der Waals surface area contributed by atoms with Crippen LogP contribution in [-0.2, 0) is 13.1 Å². The van der Waals surface area contributed by atoms with Crippen LogP contribution in [0.2, 0.25) is 0 Å². The number of thioether (sulfide) groups is 1. The van der Waals surface area contributed by atoms with Gasteiger partial charge in [0.2, 0.25) is 0 Å². The van der Waals surface area contributed by atoms with Crippen LogP contribution in [-0.4, -0.2) is 38.4 Å². The van der Waals surface area contributed by atoms with Crippen LogP contribution in [0.15, 0.2) is 71.8 Å². The lowest BCUT2D eigenvalue weighted by molar-refractivity contribution is 0.222. The van der Waals surface area contributed by atoms with Gasteiger partial charge in [0.25, 0.3) is 0 Å². The summed E-state index contributed by atoms with van der Waals surface area (Å²) < 4.78 is 21.8. The third-order valence-corrected chi connectivity index (χ3v) is 6.90. The zero-order valence-electron chi connectivity index (χ0n) is 20.4. The molecular weight excluding hydrogens is 475 g/mol. The second-order valence-corrected chi connectivity index (χ2v) is 10.1. The summed E-state index contributed by atoms with van der Waals surface area (Å²) in [6, 6.07) is 20.5. The second-order valence-electron chi connectivity index (χ2n) is 9.13. The normalized spacial score (nSPS) is 14.0. The van der Waals surface area contributed by atoms with Gasteiger partial charge in [0.15, 0.2) is 0 Å². The summed E-state index contributed by atoms with van der Waals surface area (Å²) >= 11 is 1.17. The highest BCUT2D eigenvalue weighted by atomic mass is 32.2. The maximum Gasteiger partial charge on any atom is 0.302 e. The molecule has 0 aliphatic carbocycles. The van der Waals surface area contributed by atoms with E-state index in [9.17, 15) is 9.18 Å². The zero-order valence-corrected chi connectivity index (χ0v) is 21.3. The number of fused-ring (bicyclic) bond motifs is 1. The predicted octanol–water partition coefficient (Wildman–Crippen LogP) is 6.58. The smallest absolute Gasteiger partial charge is 0.302 e. The molecule has 4 aromatic rings. The molecule has 0 N–H and O–H groups in total. The number of benzene rings is 3. The van der Waals surface area contributed by atoms with Gasteiger partial charge in [0, 0.05) is 29.0 Å². The molecule has 2 heterocycles. The first kappa shape index (κ1) is 24.1. The van der Waals surface area contributed by atoms with Gasteiger partial charge in [-0.2, -0.15) is 5.10 Å². The molecule has 1 aliphatic heterocycles. The first-order chi connectivity index (χ1) is 17.4. The van der Waals surface area contributed by atoms with Crippen molar-refractivity contribution in [3.63, 3.8) is 0 Å². The number of methoxy groups -OCH3 is 1. The Morgan fingerprint density at radius 1 is 1.06 bits per heavy atom. The van der Waals surface area contributed by atoms with E-state index in [1.165, 1.54) is 22.8 Å². The predicted molar refractivity (Wildman–Crippen MR) is 143 cm³/mol. The van der Waals surface area contributed by atoms with Crippen molar-refractivity contribution in [2.24, 2.45) is 11.0 Å². The van der Waals surface area contributed by atoms with Gasteiger partial charge in [-0.3, -0.25) is 4.79 Å². The molecule has 1 aliphatic rings. The molecule has 36 heavy (non-hydrogen) atoms. The van der Waals surface area contributed by atoms with Gasteiger partial charge in [0.1, 0.15) is 17.4 Å². The van der Waals surface area contributed by atoms with Crippen molar-refractivity contribution in [3.05, 3.63) is 83.7 Å². The van der Waals surface area contributed by atoms with Crippen LogP contribution in [0.1, 0.15) is 25.0 Å². The van der Waals surface area contributed by atoms with Crippen LogP contribution < -0.4 is 4.74 Å². The van der Waals surface area contributed by atoms with Crippen molar-refractivity contribution in [1.82, 2.24) is 14.6 Å². The molecule has 0 spiro atoms. The van der Waals surface area contributed by atoms with Gasteiger partial charge >= 0.3 is 5.24 Å². The number of amides is 1. The van der Waals surface area contributed by atoms with Crippen LogP contribution in [0.25, 0.3) is 22.4 Å². The number of rotatable bonds is 7. The highest BCUT2D eigenvalue weighted by Gasteiger charge is 2.24. The molecule has 6 nitrogen and oxygen atoms in total. The highest BCUT2D eigenvalue weighted by Crippen LogP contribution is 2.30. The second kappa shape index (κ2) is 10.1. The molecule has 1 amide bonds. The molecule has 0 saturated heterocycles. The van der Waals surface area contributed by atoms with E-state index < -0.39 is 0 Å². The summed E-state index contributed by atoms with van der Waals surface area (Å²) in [5.41, 5.74) is 4.97. The van der Waals surface area contributed by atoms with Gasteiger partial charge in [0.05, 0.1) is 30.4 Å². The molecule has 184 valence electrons. The van der Waals surface area contributed by atoms with E-state index in [-0.39, 0.29) is 17.6 Å². The van der Waals surface area contributed by atoms with E-state index in [4.69, 9.17) is 9.72 Å². The molecule has 0 bridgehead atoms. The number of aromatic nitrogens is 2. The zero-order chi connectivity index (χ0) is 25.2. The summed E-state index contributed by atoms with van der Waals surface area (Å²) in [5, 5.41) is 5.74. The van der Waals surface area contributed by atoms with Crippen LogP contribution in [0.4, 0.5) is 9.18 Å². The van der Waals surface area contributed by atoms with E-state index in [2.05, 4.69) is 29.6 Å². The number of carbonyl (C=O) groups excluding carboxylic acids is 1. The Morgan fingerprint density at radius 3 is 2.67 bits per heavy atom. The van der Waals surface area contributed by atoms with Gasteiger partial charge < -0.3 is 9.30 Å². The summed E-state index contributed by atoms with van der Waals surface area (Å²) in [6.45, 7) is 5.28. The lowest BCUT2D eigenvalue weighted by atomic mass is 10.1. The number of hydrogen-bond donors (Lipinski definition) is 0. The van der Waals surface area contributed by atoms with Crippen LogP contribution in [0.3, 0.4) is 0 Å². The Labute approximate surface area is 213 Å². The molecule has 0 saturated carbocycles. The Morgan fingerprint density at radius 2 is 1.89 bits per heavy atom. The van der Waals surface area contributed by atoms with Gasteiger partial charge in [-0.15, -0.1) is 0 Å². The molecule has 1 aromatic heterocycles. The number of carbonyl (C=O) groups is 1. The number of halogens is 1. The van der Waals surface area contributed by atoms with E-state index in [0.29, 0.717) is 17.2 Å². The fourth-order valence-electron chi connectivity index (χ4n) is 4.29. The number of hydrazone groups is 1. The minimum Gasteiger partial charge on any atom is -0.497 e. The third-order valence-electron chi connectivity index (χ3n) is 6.02. The van der Waals surface area contributed by atoms with Crippen molar-refractivity contribution in [1.29, 1.82) is 0 Å². The summed E-state index contributed by atoms with van der Waals surface area (Å²) in [5.74, 6) is 2.20. The molecular formula is C28H27FN4O2S. The van der Waals surface area contributed by atoms with Crippen LogP contribution in [0, 0.1) is 11.7 Å². The maximum atomic E-state index is 14.2. The van der Waals surface area contributed by atoms with Crippen molar-refractivity contribution in [2.75, 3.05) is 12.9 Å². The fourth-order valence-corrected chi connectivity index (χ4v) is 5.03. The Hall–Kier alpha value is -3.65. The van der Waals surface area contributed by atoms with Crippen molar-refractivity contribution in [3.8, 4) is 17.1 Å². The largest absolute Gasteiger partial charge is 0.497 e. The third kappa shape index (κ3) is 4.86. The van der Waals surface area contributed by atoms with E-state index in [1.54, 1.807) is 25.3 Å². The summed E-state index contributed by atoms with van der Waals surface area (Å²) in [7, 11) is 1.66. The van der Waals surface area contributed by atoms with Crippen molar-refractivity contribution >= 4 is 33.7 Å². The van der Waals surface area contributed by atoms with Crippen LogP contribution in [0.5, 0.6) is 5.75 Å². The SMILES string of the molecule is COc1cccc(-c2nc3cc(C4=NN(Cc5ccccc5F)C(=O)SC4)ccc3n2CC(C)C)c1. The maximum absolute atomic E-state index is 14.2. The fraction of sp³-hybridized carbons (Fsp3) is 0.250. The summed E-state index contributed by atoms with van der Waals surface area (Å²) in [6.07, 6.45) is 0. The van der Waals surface area contributed by atoms with Crippen molar-refractivity contribution < 1.29 is 13.9 Å². The minimum atomic E-state index is -0.347. The molecule has 0 atom stereocenters. The molecule has 0 fully saturated rings. The number of ether oxygens (including phenoxy) is 1. The number of nitrogens with zero attached hydrogens (tertiary/aromatic N) is 4. The Kier molecular flexibility index (Phi) is 6.78. The minimum absolute atomic E-state index is 0.0905. The molecule has 0 radical (unpaired) electrons. The van der Waals surface area contributed by atoms with Crippen LogP contribution >= 0.6 is 11.8 Å². The molecule has 0 unspecified atom stereocenters. The standard InChI is InChI=1S/C28H27FN4O2S/c1-18(2)15-32-26-12-11-19(14-24(26)30-27(32)20-8-6-9-22(13-20)35-3)25-17-36-28(34)33(31-25)16-21-7-4-5-10-23(21)29/h4-14,18H,15-17H2,1-3H3. The Bertz CT molecular complexity index is 1460. The van der Waals surface area contributed by atoms with E-state index >= 15 is 0 Å². The van der Waals surface area contributed by atoms with Crippen molar-refractivity contribution in [2.45, 2.75) is 26.9 Å². The highest BCUT2D eigenvalue weighted by molar-refractivity contribution is 8.14. The molecule has 5 rings (SSSR count). The average Bonchev–Trinajstić information content (AvgIpc) is 3.23. The monoisotopic (exact) mass is 502 g/mol. The first-order valence-corrected chi connectivity index (χ1v) is 12.8. The average molecular weight is 503 g/mol. The summed E-state index contributed by atoms with van der Waals surface area (Å²) in [4.78, 5) is 17.5. The number of imidazole rings is 1. The lowest BCUT2D eigenvalue weighted by Crippen LogP contribution is -2.29. The molecule has 3 aromatic carbocycles.